The molecule has 0 aromatic carbocycles. The first-order valence-electron chi connectivity index (χ1n) is 27.5. The molecule has 0 aliphatic carbocycles. The van der Waals surface area contributed by atoms with Crippen molar-refractivity contribution in [1.82, 2.24) is 0 Å². The molecule has 5 heteroatoms. The molecule has 64 heavy (non-hydrogen) atoms. The van der Waals surface area contributed by atoms with Crippen LogP contribution < -0.4 is 0 Å². The van der Waals surface area contributed by atoms with Crippen LogP contribution in [0.25, 0.3) is 0 Å². The molecule has 1 unspecified atom stereocenters. The van der Waals surface area contributed by atoms with Crippen molar-refractivity contribution in [3.8, 4) is 0 Å². The van der Waals surface area contributed by atoms with E-state index in [0.29, 0.717) is 13.0 Å². The molecule has 5 nitrogen and oxygen atoms in total. The van der Waals surface area contributed by atoms with E-state index in [0.717, 1.165) is 57.8 Å². The Morgan fingerprint density at radius 2 is 0.750 bits per heavy atom. The third-order valence-electron chi connectivity index (χ3n) is 11.8. The van der Waals surface area contributed by atoms with E-state index >= 15 is 0 Å². The third kappa shape index (κ3) is 52.0. The van der Waals surface area contributed by atoms with Crippen LogP contribution in [-0.4, -0.2) is 37.9 Å². The van der Waals surface area contributed by atoms with E-state index in [1.165, 1.54) is 173 Å². The first-order chi connectivity index (χ1) is 31.6. The van der Waals surface area contributed by atoms with Gasteiger partial charge >= 0.3 is 11.9 Å². The fraction of sp³-hybridized carbons (Fsp3) is 0.763. The lowest BCUT2D eigenvalue weighted by molar-refractivity contribution is -0.162. The van der Waals surface area contributed by atoms with Gasteiger partial charge in [-0.3, -0.25) is 9.59 Å². The SMILES string of the molecule is CC/C=C\C/C=C\C/C=C\C/C=C\C/C=C\CC(=O)OC(COCCCCCCCC/C=C\CCCCCCCC)COC(=O)CCCCCCCCCCCCCCCCCCC. The number of esters is 2. The Labute approximate surface area is 397 Å². The summed E-state index contributed by atoms with van der Waals surface area (Å²) in [5.41, 5.74) is 0. The molecule has 0 rings (SSSR count). The van der Waals surface area contributed by atoms with Crippen LogP contribution in [0, 0.1) is 0 Å². The van der Waals surface area contributed by atoms with E-state index < -0.39 is 6.10 Å². The maximum atomic E-state index is 12.8. The third-order valence-corrected chi connectivity index (χ3v) is 11.8. The van der Waals surface area contributed by atoms with Crippen molar-refractivity contribution >= 4 is 11.9 Å². The highest BCUT2D eigenvalue weighted by Gasteiger charge is 2.17. The van der Waals surface area contributed by atoms with E-state index in [1.54, 1.807) is 0 Å². The summed E-state index contributed by atoms with van der Waals surface area (Å²) in [4.78, 5) is 25.4. The molecular weight excluding hydrogens is 789 g/mol. The summed E-state index contributed by atoms with van der Waals surface area (Å²) in [6, 6.07) is 0. The van der Waals surface area contributed by atoms with Gasteiger partial charge in [-0.25, -0.2) is 0 Å². The lowest BCUT2D eigenvalue weighted by Gasteiger charge is -2.18. The Morgan fingerprint density at radius 3 is 1.19 bits per heavy atom. The largest absolute Gasteiger partial charge is 0.462 e. The van der Waals surface area contributed by atoms with Crippen LogP contribution in [0.3, 0.4) is 0 Å². The predicted octanol–water partition coefficient (Wildman–Crippen LogP) is 18.7. The first kappa shape index (κ1) is 61.3. The number of allylic oxidation sites excluding steroid dienone is 11. The van der Waals surface area contributed by atoms with Crippen LogP contribution >= 0.6 is 0 Å². The minimum Gasteiger partial charge on any atom is -0.462 e. The maximum Gasteiger partial charge on any atom is 0.310 e. The standard InChI is InChI=1S/C59H104O5/c1-4-7-10-13-16-19-22-25-28-30-32-34-37-40-43-46-49-52-58(60)63-56-57(55-62-54-51-48-45-42-39-36-33-29-26-23-20-17-14-11-8-5-2)64-59(61)53-50-47-44-41-38-35-31-27-24-21-18-15-12-9-6-3/h9,12,18,21,26-27,29,31,38,41,47,50,57H,4-8,10-11,13-17,19-20,22-25,28,30,32-37,39-40,42-46,48-49,51-56H2,1-3H3/b12-9-,21-18-,29-26-,31-27-,41-38-,50-47-. The van der Waals surface area contributed by atoms with Crippen molar-refractivity contribution in [2.45, 2.75) is 271 Å². The van der Waals surface area contributed by atoms with Gasteiger partial charge < -0.3 is 14.2 Å². The van der Waals surface area contributed by atoms with E-state index in [-0.39, 0.29) is 31.6 Å². The lowest BCUT2D eigenvalue weighted by atomic mass is 10.0. The van der Waals surface area contributed by atoms with Crippen LogP contribution in [0.2, 0.25) is 0 Å². The molecule has 0 saturated heterocycles. The van der Waals surface area contributed by atoms with Crippen LogP contribution in [0.1, 0.15) is 265 Å². The highest BCUT2D eigenvalue weighted by molar-refractivity contribution is 5.71. The van der Waals surface area contributed by atoms with Gasteiger partial charge in [-0.05, 0) is 70.6 Å². The summed E-state index contributed by atoms with van der Waals surface area (Å²) in [5.74, 6) is -0.537. The first-order valence-corrected chi connectivity index (χ1v) is 27.5. The van der Waals surface area contributed by atoms with Gasteiger partial charge in [0.1, 0.15) is 6.61 Å². The summed E-state index contributed by atoms with van der Waals surface area (Å²) in [6.07, 6.45) is 70.9. The molecule has 0 fully saturated rings. The average Bonchev–Trinajstić information content (AvgIpc) is 3.30. The molecule has 0 bridgehead atoms. The molecule has 0 saturated carbocycles. The van der Waals surface area contributed by atoms with Gasteiger partial charge in [0.25, 0.3) is 0 Å². The fourth-order valence-corrected chi connectivity index (χ4v) is 7.70. The molecule has 0 radical (unpaired) electrons. The van der Waals surface area contributed by atoms with Gasteiger partial charge in [0.2, 0.25) is 0 Å². The summed E-state index contributed by atoms with van der Waals surface area (Å²) >= 11 is 0. The highest BCUT2D eigenvalue weighted by Crippen LogP contribution is 2.15. The molecule has 0 amide bonds. The minimum absolute atomic E-state index is 0.0442. The van der Waals surface area contributed by atoms with Crippen LogP contribution in [0.5, 0.6) is 0 Å². The van der Waals surface area contributed by atoms with Gasteiger partial charge in [-0.15, -0.1) is 0 Å². The zero-order chi connectivity index (χ0) is 46.3. The number of ether oxygens (including phenoxy) is 3. The van der Waals surface area contributed by atoms with Gasteiger partial charge in [-0.1, -0.05) is 254 Å². The molecular formula is C59H104O5. The zero-order valence-electron chi connectivity index (χ0n) is 42.5. The topological polar surface area (TPSA) is 61.8 Å². The van der Waals surface area contributed by atoms with E-state index in [1.807, 2.05) is 12.2 Å². The average molecular weight is 893 g/mol. The van der Waals surface area contributed by atoms with E-state index in [2.05, 4.69) is 81.5 Å². The van der Waals surface area contributed by atoms with E-state index in [9.17, 15) is 9.59 Å². The Balaban J connectivity index is 4.36. The zero-order valence-corrected chi connectivity index (χ0v) is 42.5. The summed E-state index contributed by atoms with van der Waals surface area (Å²) in [5, 5.41) is 0. The normalized spacial score (nSPS) is 12.7. The second-order valence-corrected chi connectivity index (χ2v) is 18.1. The summed E-state index contributed by atoms with van der Waals surface area (Å²) in [6.45, 7) is 7.62. The fourth-order valence-electron chi connectivity index (χ4n) is 7.70. The molecule has 0 heterocycles. The van der Waals surface area contributed by atoms with Crippen molar-refractivity contribution in [2.24, 2.45) is 0 Å². The Kier molecular flexibility index (Phi) is 52.4. The lowest BCUT2D eigenvalue weighted by Crippen LogP contribution is -2.29. The summed E-state index contributed by atoms with van der Waals surface area (Å²) in [7, 11) is 0. The smallest absolute Gasteiger partial charge is 0.310 e. The predicted molar refractivity (Wildman–Crippen MR) is 279 cm³/mol. The quantitative estimate of drug-likeness (QED) is 0.0346. The molecule has 0 spiro atoms. The van der Waals surface area contributed by atoms with Crippen molar-refractivity contribution in [2.75, 3.05) is 19.8 Å². The molecule has 1 atom stereocenters. The number of rotatable bonds is 50. The Hall–Kier alpha value is -2.66. The number of carbonyl (C=O) groups excluding carboxylic acids is 2. The second-order valence-electron chi connectivity index (χ2n) is 18.1. The highest BCUT2D eigenvalue weighted by atomic mass is 16.6. The van der Waals surface area contributed by atoms with Gasteiger partial charge in [0, 0.05) is 13.0 Å². The number of carbonyl (C=O) groups is 2. The Bertz CT molecular complexity index is 1150. The van der Waals surface area contributed by atoms with Crippen LogP contribution in [0.4, 0.5) is 0 Å². The molecule has 0 aromatic heterocycles. The minimum atomic E-state index is -0.594. The molecule has 0 aromatic rings. The van der Waals surface area contributed by atoms with Gasteiger partial charge in [0.15, 0.2) is 6.10 Å². The monoisotopic (exact) mass is 893 g/mol. The van der Waals surface area contributed by atoms with E-state index in [4.69, 9.17) is 14.2 Å². The number of hydrogen-bond donors (Lipinski definition) is 0. The van der Waals surface area contributed by atoms with Crippen molar-refractivity contribution < 1.29 is 23.8 Å². The number of unbranched alkanes of at least 4 members (excludes halogenated alkanes) is 28. The maximum absolute atomic E-state index is 12.8. The summed E-state index contributed by atoms with van der Waals surface area (Å²) < 4.78 is 17.3. The molecule has 370 valence electrons. The molecule has 0 aliphatic rings. The van der Waals surface area contributed by atoms with Gasteiger partial charge in [0.05, 0.1) is 13.0 Å². The Morgan fingerprint density at radius 1 is 0.375 bits per heavy atom. The van der Waals surface area contributed by atoms with Crippen LogP contribution in [0.15, 0.2) is 72.9 Å². The second kappa shape index (κ2) is 54.7. The van der Waals surface area contributed by atoms with Crippen molar-refractivity contribution in [1.29, 1.82) is 0 Å². The molecule has 0 N–H and O–H groups in total. The van der Waals surface area contributed by atoms with Crippen LogP contribution in [-0.2, 0) is 23.8 Å². The van der Waals surface area contributed by atoms with Crippen molar-refractivity contribution in [3.63, 3.8) is 0 Å². The van der Waals surface area contributed by atoms with Gasteiger partial charge in [-0.2, -0.15) is 0 Å². The molecule has 0 aliphatic heterocycles. The van der Waals surface area contributed by atoms with Crippen molar-refractivity contribution in [3.05, 3.63) is 72.9 Å². The number of hydrogen-bond acceptors (Lipinski definition) is 5.